The van der Waals surface area contributed by atoms with Gasteiger partial charge in [0.2, 0.25) is 4.96 Å². The molecule has 0 aliphatic carbocycles. The highest BCUT2D eigenvalue weighted by molar-refractivity contribution is 7.16. The SMILES string of the molecule is COC(c1ccccc1)c1nn2c(C(C)C)nnc2s1. The van der Waals surface area contributed by atoms with Gasteiger partial charge in [0.1, 0.15) is 6.10 Å². The highest BCUT2D eigenvalue weighted by Gasteiger charge is 2.21. The van der Waals surface area contributed by atoms with Crippen molar-refractivity contribution in [1.82, 2.24) is 19.8 Å². The van der Waals surface area contributed by atoms with Crippen LogP contribution in [0.15, 0.2) is 30.3 Å². The maximum Gasteiger partial charge on any atom is 0.234 e. The standard InChI is InChI=1S/C14H16N4OS/c1-9(2)12-15-16-14-18(12)17-13(20-14)11(19-3)10-7-5-4-6-8-10/h4-9,11H,1-3H3. The van der Waals surface area contributed by atoms with Gasteiger partial charge in [-0.3, -0.25) is 0 Å². The van der Waals surface area contributed by atoms with Crippen LogP contribution in [0.5, 0.6) is 0 Å². The van der Waals surface area contributed by atoms with Gasteiger partial charge in [-0.1, -0.05) is 55.5 Å². The van der Waals surface area contributed by atoms with Crippen molar-refractivity contribution in [2.24, 2.45) is 0 Å². The average Bonchev–Trinajstić information content (AvgIpc) is 3.00. The van der Waals surface area contributed by atoms with Crippen LogP contribution < -0.4 is 0 Å². The molecule has 2 aromatic heterocycles. The fourth-order valence-electron chi connectivity index (χ4n) is 2.12. The predicted octanol–water partition coefficient (Wildman–Crippen LogP) is 3.05. The van der Waals surface area contributed by atoms with Gasteiger partial charge in [-0.2, -0.15) is 9.61 Å². The van der Waals surface area contributed by atoms with E-state index in [1.54, 1.807) is 7.11 Å². The van der Waals surface area contributed by atoms with Crippen LogP contribution in [-0.4, -0.2) is 26.9 Å². The molecule has 0 radical (unpaired) electrons. The van der Waals surface area contributed by atoms with E-state index in [1.807, 2.05) is 34.8 Å². The second kappa shape index (κ2) is 5.30. The first-order valence-electron chi connectivity index (χ1n) is 6.50. The first-order valence-corrected chi connectivity index (χ1v) is 7.32. The third-order valence-corrected chi connectivity index (χ3v) is 4.05. The number of rotatable bonds is 4. The molecule has 0 amide bonds. The van der Waals surface area contributed by atoms with Gasteiger partial charge in [-0.05, 0) is 5.56 Å². The molecule has 0 saturated carbocycles. The highest BCUT2D eigenvalue weighted by atomic mass is 32.1. The number of methoxy groups -OCH3 is 1. The normalized spacial score (nSPS) is 13.2. The Kier molecular flexibility index (Phi) is 3.50. The summed E-state index contributed by atoms with van der Waals surface area (Å²) in [5, 5.41) is 13.9. The van der Waals surface area contributed by atoms with E-state index in [0.717, 1.165) is 21.4 Å². The van der Waals surface area contributed by atoms with Crippen molar-refractivity contribution >= 4 is 16.3 Å². The number of hydrogen-bond acceptors (Lipinski definition) is 5. The molecular weight excluding hydrogens is 272 g/mol. The van der Waals surface area contributed by atoms with Gasteiger partial charge < -0.3 is 4.74 Å². The molecule has 0 saturated heterocycles. The largest absolute Gasteiger partial charge is 0.369 e. The van der Waals surface area contributed by atoms with Gasteiger partial charge in [0.05, 0.1) is 0 Å². The van der Waals surface area contributed by atoms with Crippen LogP contribution in [0.4, 0.5) is 0 Å². The Labute approximate surface area is 121 Å². The van der Waals surface area contributed by atoms with Crippen molar-refractivity contribution < 1.29 is 4.74 Å². The fourth-order valence-corrected chi connectivity index (χ4v) is 3.07. The Bertz CT molecular complexity index is 704. The molecule has 0 bridgehead atoms. The van der Waals surface area contributed by atoms with Crippen molar-refractivity contribution in [3.05, 3.63) is 46.7 Å². The highest BCUT2D eigenvalue weighted by Crippen LogP contribution is 2.29. The lowest BCUT2D eigenvalue weighted by molar-refractivity contribution is 0.135. The molecule has 3 rings (SSSR count). The Morgan fingerprint density at radius 2 is 1.90 bits per heavy atom. The number of fused-ring (bicyclic) bond motifs is 1. The van der Waals surface area contributed by atoms with Gasteiger partial charge in [0, 0.05) is 13.0 Å². The van der Waals surface area contributed by atoms with Crippen LogP contribution in [-0.2, 0) is 4.74 Å². The van der Waals surface area contributed by atoms with E-state index in [2.05, 4.69) is 29.1 Å². The average molecular weight is 288 g/mol. The predicted molar refractivity (Wildman–Crippen MR) is 78.0 cm³/mol. The zero-order valence-corrected chi connectivity index (χ0v) is 12.5. The van der Waals surface area contributed by atoms with Gasteiger partial charge in [0.25, 0.3) is 0 Å². The van der Waals surface area contributed by atoms with E-state index in [1.165, 1.54) is 11.3 Å². The Morgan fingerprint density at radius 3 is 2.55 bits per heavy atom. The summed E-state index contributed by atoms with van der Waals surface area (Å²) in [4.78, 5) is 0.807. The summed E-state index contributed by atoms with van der Waals surface area (Å²) >= 11 is 1.52. The molecule has 0 aliphatic heterocycles. The maximum absolute atomic E-state index is 5.61. The number of ether oxygens (including phenoxy) is 1. The molecule has 1 unspecified atom stereocenters. The van der Waals surface area contributed by atoms with E-state index in [-0.39, 0.29) is 12.0 Å². The van der Waals surface area contributed by atoms with Crippen molar-refractivity contribution in [3.63, 3.8) is 0 Å². The second-order valence-electron chi connectivity index (χ2n) is 4.87. The molecule has 20 heavy (non-hydrogen) atoms. The minimum Gasteiger partial charge on any atom is -0.369 e. The first-order chi connectivity index (χ1) is 9.70. The lowest BCUT2D eigenvalue weighted by Gasteiger charge is -2.11. The summed E-state index contributed by atoms with van der Waals surface area (Å²) in [5.41, 5.74) is 1.09. The van der Waals surface area contributed by atoms with E-state index in [0.29, 0.717) is 0 Å². The number of nitrogens with zero attached hydrogens (tertiary/aromatic N) is 4. The van der Waals surface area contributed by atoms with Crippen LogP contribution in [0.25, 0.3) is 4.96 Å². The molecule has 1 atom stereocenters. The Hall–Kier alpha value is -1.79. The summed E-state index contributed by atoms with van der Waals surface area (Å²) in [6, 6.07) is 10.1. The van der Waals surface area contributed by atoms with E-state index in [9.17, 15) is 0 Å². The summed E-state index contributed by atoms with van der Waals surface area (Å²) in [5.74, 6) is 1.17. The minimum atomic E-state index is -0.164. The Balaban J connectivity index is 2.04. The topological polar surface area (TPSA) is 52.3 Å². The third kappa shape index (κ3) is 2.21. The van der Waals surface area contributed by atoms with Crippen LogP contribution in [0.3, 0.4) is 0 Å². The van der Waals surface area contributed by atoms with Crippen LogP contribution in [0.2, 0.25) is 0 Å². The molecule has 3 aromatic rings. The minimum absolute atomic E-state index is 0.164. The third-order valence-electron chi connectivity index (χ3n) is 3.11. The number of hydrogen-bond donors (Lipinski definition) is 0. The summed E-state index contributed by atoms with van der Waals surface area (Å²) in [7, 11) is 1.70. The van der Waals surface area contributed by atoms with Crippen molar-refractivity contribution in [1.29, 1.82) is 0 Å². The number of aromatic nitrogens is 4. The number of benzene rings is 1. The maximum atomic E-state index is 5.61. The molecule has 0 aliphatic rings. The molecule has 0 fully saturated rings. The molecule has 1 aromatic carbocycles. The monoisotopic (exact) mass is 288 g/mol. The lowest BCUT2D eigenvalue weighted by atomic mass is 10.1. The summed E-state index contributed by atoms with van der Waals surface area (Å²) in [6.07, 6.45) is -0.164. The van der Waals surface area contributed by atoms with Gasteiger partial charge >= 0.3 is 0 Å². The molecule has 0 spiro atoms. The fraction of sp³-hybridized carbons (Fsp3) is 0.357. The van der Waals surface area contributed by atoms with Crippen molar-refractivity contribution in [3.8, 4) is 0 Å². The smallest absolute Gasteiger partial charge is 0.234 e. The molecule has 0 N–H and O–H groups in total. The second-order valence-corrected chi connectivity index (χ2v) is 5.86. The molecule has 104 valence electrons. The molecular formula is C14H16N4OS. The van der Waals surface area contributed by atoms with Crippen LogP contribution >= 0.6 is 11.3 Å². The summed E-state index contributed by atoms with van der Waals surface area (Å²) in [6.45, 7) is 4.17. The summed E-state index contributed by atoms with van der Waals surface area (Å²) < 4.78 is 7.43. The quantitative estimate of drug-likeness (QED) is 0.740. The van der Waals surface area contributed by atoms with Crippen LogP contribution in [0.1, 0.15) is 42.3 Å². The van der Waals surface area contributed by atoms with E-state index < -0.39 is 0 Å². The van der Waals surface area contributed by atoms with Gasteiger partial charge in [-0.25, -0.2) is 0 Å². The Morgan fingerprint density at radius 1 is 1.15 bits per heavy atom. The zero-order chi connectivity index (χ0) is 14.1. The zero-order valence-electron chi connectivity index (χ0n) is 11.6. The first kappa shape index (κ1) is 13.2. The molecule has 6 heteroatoms. The van der Waals surface area contributed by atoms with Crippen molar-refractivity contribution in [2.75, 3.05) is 7.11 Å². The molecule has 5 nitrogen and oxygen atoms in total. The molecule has 2 heterocycles. The van der Waals surface area contributed by atoms with Gasteiger partial charge in [0.15, 0.2) is 10.8 Å². The lowest BCUT2D eigenvalue weighted by Crippen LogP contribution is -2.05. The van der Waals surface area contributed by atoms with Gasteiger partial charge in [-0.15, -0.1) is 10.2 Å². The van der Waals surface area contributed by atoms with Crippen LogP contribution in [0, 0.1) is 0 Å². The van der Waals surface area contributed by atoms with E-state index >= 15 is 0 Å². The van der Waals surface area contributed by atoms with Crippen molar-refractivity contribution in [2.45, 2.75) is 25.9 Å². The van der Waals surface area contributed by atoms with E-state index in [4.69, 9.17) is 4.74 Å².